The SMILES string of the molecule is O=C(c1ccccc1Br)N(Cc1ccccc1)c1nc2c(F)cc(F)cc2s1. The predicted octanol–water partition coefficient (Wildman–Crippen LogP) is 6.18. The number of carbonyl (C=O) groups excluding carboxylic acids is 1. The van der Waals surface area contributed by atoms with E-state index in [1.165, 1.54) is 11.0 Å². The van der Waals surface area contributed by atoms with Crippen LogP contribution in [-0.4, -0.2) is 10.9 Å². The summed E-state index contributed by atoms with van der Waals surface area (Å²) in [5, 5.41) is 0.309. The summed E-state index contributed by atoms with van der Waals surface area (Å²) in [6.45, 7) is 0.255. The highest BCUT2D eigenvalue weighted by atomic mass is 79.9. The van der Waals surface area contributed by atoms with Gasteiger partial charge in [0, 0.05) is 10.5 Å². The Kier molecular flexibility index (Phi) is 5.19. The minimum atomic E-state index is -0.745. The summed E-state index contributed by atoms with van der Waals surface area (Å²) >= 11 is 4.49. The van der Waals surface area contributed by atoms with Crippen molar-refractivity contribution in [3.8, 4) is 0 Å². The van der Waals surface area contributed by atoms with Gasteiger partial charge >= 0.3 is 0 Å². The molecule has 1 heterocycles. The summed E-state index contributed by atoms with van der Waals surface area (Å²) in [6.07, 6.45) is 0. The van der Waals surface area contributed by atoms with Gasteiger partial charge in [-0.05, 0) is 39.7 Å². The third-order valence-electron chi connectivity index (χ3n) is 4.17. The van der Waals surface area contributed by atoms with Crippen molar-refractivity contribution in [3.05, 3.63) is 94.0 Å². The number of thiazole rings is 1. The highest BCUT2D eigenvalue weighted by Gasteiger charge is 2.24. The largest absolute Gasteiger partial charge is 0.279 e. The molecule has 4 rings (SSSR count). The summed E-state index contributed by atoms with van der Waals surface area (Å²) in [5.74, 6) is -1.70. The minimum absolute atomic E-state index is 0.0550. The quantitative estimate of drug-likeness (QED) is 0.365. The minimum Gasteiger partial charge on any atom is -0.279 e. The molecule has 0 atom stereocenters. The molecule has 0 aliphatic rings. The van der Waals surface area contributed by atoms with Gasteiger partial charge in [0.05, 0.1) is 16.8 Å². The third kappa shape index (κ3) is 3.68. The topological polar surface area (TPSA) is 33.2 Å². The van der Waals surface area contributed by atoms with Gasteiger partial charge in [-0.3, -0.25) is 9.69 Å². The molecule has 0 saturated heterocycles. The van der Waals surface area contributed by atoms with Crippen LogP contribution in [0.3, 0.4) is 0 Å². The maximum atomic E-state index is 14.1. The number of aromatic nitrogens is 1. The number of hydrogen-bond acceptors (Lipinski definition) is 3. The Morgan fingerprint density at radius 2 is 1.75 bits per heavy atom. The molecule has 1 aromatic heterocycles. The summed E-state index contributed by atoms with van der Waals surface area (Å²) in [7, 11) is 0. The zero-order valence-electron chi connectivity index (χ0n) is 14.4. The Bertz CT molecular complexity index is 1160. The highest BCUT2D eigenvalue weighted by Crippen LogP contribution is 2.33. The Morgan fingerprint density at radius 3 is 2.50 bits per heavy atom. The fourth-order valence-electron chi connectivity index (χ4n) is 2.83. The first-order valence-corrected chi connectivity index (χ1v) is 10.00. The number of rotatable bonds is 4. The predicted molar refractivity (Wildman–Crippen MR) is 111 cm³/mol. The van der Waals surface area contributed by atoms with Crippen LogP contribution in [0.5, 0.6) is 0 Å². The molecule has 3 aromatic carbocycles. The van der Waals surface area contributed by atoms with E-state index in [1.807, 2.05) is 36.4 Å². The molecule has 0 aliphatic carbocycles. The zero-order chi connectivity index (χ0) is 19.7. The van der Waals surface area contributed by atoms with E-state index in [4.69, 9.17) is 0 Å². The Labute approximate surface area is 172 Å². The highest BCUT2D eigenvalue weighted by molar-refractivity contribution is 9.10. The second-order valence-corrected chi connectivity index (χ2v) is 7.95. The van der Waals surface area contributed by atoms with E-state index in [0.717, 1.165) is 23.0 Å². The average molecular weight is 459 g/mol. The lowest BCUT2D eigenvalue weighted by atomic mass is 10.1. The van der Waals surface area contributed by atoms with Crippen LogP contribution in [0.15, 0.2) is 71.2 Å². The second kappa shape index (κ2) is 7.77. The number of anilines is 1. The Hall–Kier alpha value is -2.64. The van der Waals surface area contributed by atoms with E-state index in [1.54, 1.807) is 18.2 Å². The summed E-state index contributed by atoms with van der Waals surface area (Å²) in [6, 6.07) is 18.5. The lowest BCUT2D eigenvalue weighted by Gasteiger charge is -2.20. The van der Waals surface area contributed by atoms with E-state index in [2.05, 4.69) is 20.9 Å². The van der Waals surface area contributed by atoms with Crippen molar-refractivity contribution in [2.45, 2.75) is 6.54 Å². The molecule has 7 heteroatoms. The van der Waals surface area contributed by atoms with Crippen LogP contribution in [-0.2, 0) is 6.54 Å². The maximum Gasteiger partial charge on any atom is 0.261 e. The van der Waals surface area contributed by atoms with Gasteiger partial charge in [-0.1, -0.05) is 53.8 Å². The van der Waals surface area contributed by atoms with Crippen molar-refractivity contribution in [2.24, 2.45) is 0 Å². The van der Waals surface area contributed by atoms with E-state index in [9.17, 15) is 13.6 Å². The first-order chi connectivity index (χ1) is 13.5. The van der Waals surface area contributed by atoms with Gasteiger partial charge in [-0.25, -0.2) is 13.8 Å². The van der Waals surface area contributed by atoms with Crippen LogP contribution >= 0.6 is 27.3 Å². The summed E-state index contributed by atoms with van der Waals surface area (Å²) < 4.78 is 28.7. The molecular formula is C21H13BrF2N2OS. The molecule has 0 spiro atoms. The standard InChI is InChI=1S/C21H13BrF2N2OS/c22-16-9-5-4-8-15(16)20(27)26(12-13-6-2-1-3-7-13)21-25-19-17(24)10-14(23)11-18(19)28-21/h1-11H,12H2. The molecule has 1 amide bonds. The first-order valence-electron chi connectivity index (χ1n) is 8.39. The van der Waals surface area contributed by atoms with Gasteiger partial charge in [-0.15, -0.1) is 0 Å². The Morgan fingerprint density at radius 1 is 1.04 bits per heavy atom. The fourth-order valence-corrected chi connectivity index (χ4v) is 4.29. The third-order valence-corrected chi connectivity index (χ3v) is 5.88. The lowest BCUT2D eigenvalue weighted by Crippen LogP contribution is -2.30. The Balaban J connectivity index is 1.82. The normalized spacial score (nSPS) is 11.0. The number of fused-ring (bicyclic) bond motifs is 1. The van der Waals surface area contributed by atoms with Crippen molar-refractivity contribution in [1.29, 1.82) is 0 Å². The molecular weight excluding hydrogens is 446 g/mol. The first kappa shape index (κ1) is 18.7. The molecule has 0 aliphatic heterocycles. The second-order valence-electron chi connectivity index (χ2n) is 6.09. The van der Waals surface area contributed by atoms with Gasteiger partial charge in [0.2, 0.25) is 0 Å². The van der Waals surface area contributed by atoms with Crippen LogP contribution in [0.4, 0.5) is 13.9 Å². The van der Waals surface area contributed by atoms with Crippen molar-refractivity contribution in [3.63, 3.8) is 0 Å². The molecule has 28 heavy (non-hydrogen) atoms. The number of carbonyl (C=O) groups is 1. The van der Waals surface area contributed by atoms with Crippen LogP contribution in [0.2, 0.25) is 0 Å². The van der Waals surface area contributed by atoms with Gasteiger partial charge in [0.1, 0.15) is 11.3 Å². The number of nitrogens with zero attached hydrogens (tertiary/aromatic N) is 2. The summed E-state index contributed by atoms with van der Waals surface area (Å²) in [5.41, 5.74) is 1.41. The number of benzene rings is 3. The van der Waals surface area contributed by atoms with E-state index in [0.29, 0.717) is 19.9 Å². The number of amides is 1. The van der Waals surface area contributed by atoms with Crippen molar-refractivity contribution in [2.75, 3.05) is 4.90 Å². The van der Waals surface area contributed by atoms with Crippen molar-refractivity contribution < 1.29 is 13.6 Å². The van der Waals surface area contributed by atoms with Crippen molar-refractivity contribution in [1.82, 2.24) is 4.98 Å². The molecule has 0 N–H and O–H groups in total. The molecule has 140 valence electrons. The van der Waals surface area contributed by atoms with E-state index in [-0.39, 0.29) is 18.0 Å². The van der Waals surface area contributed by atoms with Crippen molar-refractivity contribution >= 4 is 48.5 Å². The molecule has 0 saturated carbocycles. The molecule has 3 nitrogen and oxygen atoms in total. The zero-order valence-corrected chi connectivity index (χ0v) is 16.8. The van der Waals surface area contributed by atoms with E-state index < -0.39 is 11.6 Å². The molecule has 0 radical (unpaired) electrons. The van der Waals surface area contributed by atoms with Gasteiger partial charge in [0.15, 0.2) is 10.9 Å². The number of hydrogen-bond donors (Lipinski definition) is 0. The van der Waals surface area contributed by atoms with Crippen LogP contribution in [0, 0.1) is 11.6 Å². The smallest absolute Gasteiger partial charge is 0.261 e. The lowest BCUT2D eigenvalue weighted by molar-refractivity contribution is 0.0984. The van der Waals surface area contributed by atoms with Crippen LogP contribution in [0.25, 0.3) is 10.2 Å². The monoisotopic (exact) mass is 458 g/mol. The molecule has 4 aromatic rings. The summed E-state index contributed by atoms with van der Waals surface area (Å²) in [4.78, 5) is 19.1. The van der Waals surface area contributed by atoms with Gasteiger partial charge in [0.25, 0.3) is 5.91 Å². The fraction of sp³-hybridized carbons (Fsp3) is 0.0476. The molecule has 0 fully saturated rings. The van der Waals surface area contributed by atoms with Crippen LogP contribution in [0.1, 0.15) is 15.9 Å². The van der Waals surface area contributed by atoms with Gasteiger partial charge < -0.3 is 0 Å². The van der Waals surface area contributed by atoms with Crippen LogP contribution < -0.4 is 4.90 Å². The average Bonchev–Trinajstić information content (AvgIpc) is 3.11. The maximum absolute atomic E-state index is 14.1. The molecule has 0 bridgehead atoms. The molecule has 0 unspecified atom stereocenters. The number of halogens is 3. The van der Waals surface area contributed by atoms with Gasteiger partial charge in [-0.2, -0.15) is 0 Å². The van der Waals surface area contributed by atoms with E-state index >= 15 is 0 Å².